The minimum Gasteiger partial charge on any atom is -0.497 e. The van der Waals surface area contributed by atoms with Crippen molar-refractivity contribution in [1.29, 1.82) is 0 Å². The van der Waals surface area contributed by atoms with Crippen LogP contribution in [0.15, 0.2) is 60.0 Å². The van der Waals surface area contributed by atoms with Crippen molar-refractivity contribution in [3.05, 3.63) is 70.5 Å². The lowest BCUT2D eigenvalue weighted by Gasteiger charge is -2.16. The van der Waals surface area contributed by atoms with E-state index in [9.17, 15) is 28.1 Å². The van der Waals surface area contributed by atoms with Crippen molar-refractivity contribution < 1.29 is 27.6 Å². The molecule has 0 saturated heterocycles. The fourth-order valence-electron chi connectivity index (χ4n) is 2.75. The third-order valence-electron chi connectivity index (χ3n) is 4.39. The number of rotatable bonds is 7. The Morgan fingerprint density at radius 2 is 1.94 bits per heavy atom. The Hall–Kier alpha value is -3.54. The summed E-state index contributed by atoms with van der Waals surface area (Å²) in [4.78, 5) is 26.7. The van der Waals surface area contributed by atoms with E-state index in [0.717, 1.165) is 29.6 Å². The van der Waals surface area contributed by atoms with Crippen molar-refractivity contribution in [3.63, 3.8) is 0 Å². The van der Waals surface area contributed by atoms with Crippen molar-refractivity contribution >= 4 is 29.0 Å². The number of hydrogen-bond acceptors (Lipinski definition) is 6. The highest BCUT2D eigenvalue weighted by molar-refractivity contribution is 8.00. The highest BCUT2D eigenvalue weighted by Gasteiger charge is 2.36. The fraction of sp³-hybridized carbons (Fsp3) is 0.200. The normalized spacial score (nSPS) is 12.3. The van der Waals surface area contributed by atoms with Crippen LogP contribution in [0.3, 0.4) is 0 Å². The summed E-state index contributed by atoms with van der Waals surface area (Å²) in [7, 11) is 1.54. The number of methoxy groups -OCH3 is 1. The lowest BCUT2D eigenvalue weighted by molar-refractivity contribution is -0.385. The van der Waals surface area contributed by atoms with Crippen molar-refractivity contribution in [1.82, 2.24) is 9.55 Å². The monoisotopic (exact) mass is 466 g/mol. The number of nitro groups is 1. The van der Waals surface area contributed by atoms with Crippen LogP contribution in [0.25, 0.3) is 5.69 Å². The molecule has 0 aliphatic rings. The Bertz CT molecular complexity index is 1130. The van der Waals surface area contributed by atoms with Crippen molar-refractivity contribution in [2.45, 2.75) is 23.5 Å². The highest BCUT2D eigenvalue weighted by Crippen LogP contribution is 2.37. The average molecular weight is 466 g/mol. The topological polar surface area (TPSA) is 99.3 Å². The summed E-state index contributed by atoms with van der Waals surface area (Å²) in [6.45, 7) is 1.52. The van der Waals surface area contributed by atoms with E-state index >= 15 is 0 Å². The molecule has 0 aliphatic carbocycles. The molecule has 0 saturated carbocycles. The molecule has 1 atom stereocenters. The molecule has 0 aliphatic heterocycles. The lowest BCUT2D eigenvalue weighted by atomic mass is 10.1. The summed E-state index contributed by atoms with van der Waals surface area (Å²) in [6, 6.07) is 9.27. The molecule has 1 amide bonds. The summed E-state index contributed by atoms with van der Waals surface area (Å²) < 4.78 is 46.9. The third-order valence-corrected chi connectivity index (χ3v) is 5.47. The second kappa shape index (κ2) is 9.30. The van der Waals surface area contributed by atoms with Gasteiger partial charge in [-0.1, -0.05) is 11.8 Å². The number of nitro benzene ring substituents is 1. The number of non-ortho nitro benzene ring substituents is 1. The Balaban J connectivity index is 1.78. The van der Waals surface area contributed by atoms with Crippen molar-refractivity contribution in [2.75, 3.05) is 12.4 Å². The maximum Gasteiger partial charge on any atom is 0.418 e. The van der Waals surface area contributed by atoms with Crippen LogP contribution in [0.1, 0.15) is 12.5 Å². The largest absolute Gasteiger partial charge is 0.497 e. The fourth-order valence-corrected chi connectivity index (χ4v) is 3.64. The van der Waals surface area contributed by atoms with Crippen LogP contribution >= 0.6 is 11.8 Å². The smallest absolute Gasteiger partial charge is 0.418 e. The van der Waals surface area contributed by atoms with Gasteiger partial charge in [0.15, 0.2) is 5.16 Å². The summed E-state index contributed by atoms with van der Waals surface area (Å²) in [5.41, 5.74) is -1.82. The molecule has 8 nitrogen and oxygen atoms in total. The van der Waals surface area contributed by atoms with Gasteiger partial charge in [-0.15, -0.1) is 0 Å². The Kier molecular flexibility index (Phi) is 6.72. The van der Waals surface area contributed by atoms with E-state index in [1.54, 1.807) is 42.1 Å². The Morgan fingerprint density at radius 1 is 1.25 bits per heavy atom. The van der Waals surface area contributed by atoms with Gasteiger partial charge < -0.3 is 10.1 Å². The number of anilines is 1. The zero-order valence-electron chi connectivity index (χ0n) is 16.8. The van der Waals surface area contributed by atoms with E-state index in [1.807, 2.05) is 0 Å². The Labute approximate surface area is 184 Å². The maximum absolute atomic E-state index is 13.3. The zero-order chi connectivity index (χ0) is 23.5. The summed E-state index contributed by atoms with van der Waals surface area (Å²) in [5.74, 6) is -0.0435. The molecule has 3 aromatic rings. The number of carbonyl (C=O) groups is 1. The van der Waals surface area contributed by atoms with Gasteiger partial charge in [0.2, 0.25) is 5.91 Å². The number of hydrogen-bond donors (Lipinski definition) is 1. The lowest BCUT2D eigenvalue weighted by Crippen LogP contribution is -2.24. The van der Waals surface area contributed by atoms with Gasteiger partial charge in [-0.3, -0.25) is 19.5 Å². The van der Waals surface area contributed by atoms with Gasteiger partial charge in [0.25, 0.3) is 5.69 Å². The molecular weight excluding hydrogens is 449 g/mol. The first kappa shape index (κ1) is 23.1. The van der Waals surface area contributed by atoms with Crippen LogP contribution in [-0.2, 0) is 11.0 Å². The van der Waals surface area contributed by atoms with Gasteiger partial charge in [-0.2, -0.15) is 13.2 Å². The van der Waals surface area contributed by atoms with E-state index in [-0.39, 0.29) is 0 Å². The number of thioether (sulfide) groups is 1. The minimum absolute atomic E-state index is 0.393. The standard InChI is InChI=1S/C20H17F3N4O4S/c1-12(32-19-24-9-10-26(19)13-3-6-15(31-2)7-4-13)18(28)25-17-8-5-14(27(29)30)11-16(17)20(21,22)23/h3-12H,1-2H3,(H,25,28)/t12-/m1/s1. The van der Waals surface area contributed by atoms with Crippen LogP contribution in [-0.4, -0.2) is 32.7 Å². The van der Waals surface area contributed by atoms with Gasteiger partial charge >= 0.3 is 6.18 Å². The van der Waals surface area contributed by atoms with Crippen LogP contribution in [0.5, 0.6) is 5.75 Å². The van der Waals surface area contributed by atoms with Crippen molar-refractivity contribution in [2.24, 2.45) is 0 Å². The third kappa shape index (κ3) is 5.19. The number of imidazole rings is 1. The van der Waals surface area contributed by atoms with E-state index in [1.165, 1.54) is 13.1 Å². The molecular formula is C20H17F3N4O4S. The number of ether oxygens (including phenoxy) is 1. The molecule has 2 aromatic carbocycles. The summed E-state index contributed by atoms with van der Waals surface area (Å²) >= 11 is 1.05. The molecule has 1 heterocycles. The molecule has 0 fully saturated rings. The number of benzene rings is 2. The Morgan fingerprint density at radius 3 is 2.53 bits per heavy atom. The molecule has 0 spiro atoms. The average Bonchev–Trinajstić information content (AvgIpc) is 3.21. The predicted octanol–water partition coefficient (Wildman–Crippen LogP) is 4.93. The first-order valence-electron chi connectivity index (χ1n) is 9.11. The van der Waals surface area contributed by atoms with Gasteiger partial charge in [0.1, 0.15) is 5.75 Å². The van der Waals surface area contributed by atoms with Gasteiger partial charge in [0.05, 0.1) is 28.5 Å². The molecule has 0 radical (unpaired) electrons. The number of nitrogens with zero attached hydrogens (tertiary/aromatic N) is 3. The van der Waals surface area contributed by atoms with Crippen LogP contribution < -0.4 is 10.1 Å². The van der Waals surface area contributed by atoms with Crippen LogP contribution in [0, 0.1) is 10.1 Å². The van der Waals surface area contributed by atoms with E-state index in [0.29, 0.717) is 17.0 Å². The molecule has 12 heteroatoms. The summed E-state index contributed by atoms with van der Waals surface area (Å²) in [5, 5.41) is 12.7. The number of carbonyl (C=O) groups excluding carboxylic acids is 1. The molecule has 32 heavy (non-hydrogen) atoms. The molecule has 0 bridgehead atoms. The van der Waals surface area contributed by atoms with Gasteiger partial charge in [-0.25, -0.2) is 4.98 Å². The number of alkyl halides is 3. The van der Waals surface area contributed by atoms with E-state index < -0.39 is 39.2 Å². The maximum atomic E-state index is 13.3. The van der Waals surface area contributed by atoms with Gasteiger partial charge in [-0.05, 0) is 37.3 Å². The molecule has 168 valence electrons. The molecule has 1 aromatic heterocycles. The van der Waals surface area contributed by atoms with E-state index in [2.05, 4.69) is 10.3 Å². The minimum atomic E-state index is -4.88. The number of aromatic nitrogens is 2. The van der Waals surface area contributed by atoms with Crippen molar-refractivity contribution in [3.8, 4) is 11.4 Å². The van der Waals surface area contributed by atoms with Crippen LogP contribution in [0.4, 0.5) is 24.5 Å². The number of amides is 1. The number of halogens is 3. The molecule has 0 unspecified atom stereocenters. The summed E-state index contributed by atoms with van der Waals surface area (Å²) in [6.07, 6.45) is -1.65. The first-order valence-corrected chi connectivity index (χ1v) is 9.99. The molecule has 3 rings (SSSR count). The predicted molar refractivity (Wildman–Crippen MR) is 112 cm³/mol. The van der Waals surface area contributed by atoms with Crippen LogP contribution in [0.2, 0.25) is 0 Å². The second-order valence-electron chi connectivity index (χ2n) is 6.51. The SMILES string of the molecule is COc1ccc(-n2ccnc2S[C@H](C)C(=O)Nc2ccc([N+](=O)[O-])cc2C(F)(F)F)cc1. The zero-order valence-corrected chi connectivity index (χ0v) is 17.6. The first-order chi connectivity index (χ1) is 15.1. The second-order valence-corrected chi connectivity index (χ2v) is 7.82. The van der Waals surface area contributed by atoms with Gasteiger partial charge in [0, 0.05) is 30.2 Å². The quantitative estimate of drug-likeness (QED) is 0.301. The number of nitrogens with one attached hydrogen (secondary N) is 1. The molecule has 1 N–H and O–H groups in total. The highest BCUT2D eigenvalue weighted by atomic mass is 32.2. The van der Waals surface area contributed by atoms with E-state index in [4.69, 9.17) is 4.74 Å².